The number of rotatable bonds is 5. The van der Waals surface area contributed by atoms with Crippen LogP contribution < -0.4 is 5.32 Å². The lowest BCUT2D eigenvalue weighted by atomic mass is 10.7. The lowest BCUT2D eigenvalue weighted by Gasteiger charge is -2.02. The second kappa shape index (κ2) is 7.27. The van der Waals surface area contributed by atoms with Crippen molar-refractivity contribution in [3.05, 3.63) is 0 Å². The third kappa shape index (κ3) is 8.16. The summed E-state index contributed by atoms with van der Waals surface area (Å²) in [6, 6.07) is 0. The molecule has 0 aliphatic carbocycles. The standard InChI is InChI=1S/C5H11NO2S2/c7-2-4-8-3-1-6-5(9)10/h7H,1-4H2,(H2,6,9,10). The highest BCUT2D eigenvalue weighted by Gasteiger charge is 1.87. The quantitative estimate of drug-likeness (QED) is 0.312. The van der Waals surface area contributed by atoms with Crippen LogP contribution in [-0.4, -0.2) is 35.8 Å². The second-order valence-corrected chi connectivity index (χ2v) is 2.73. The van der Waals surface area contributed by atoms with Crippen molar-refractivity contribution < 1.29 is 9.84 Å². The smallest absolute Gasteiger partial charge is 0.130 e. The minimum atomic E-state index is 0.0608. The Kier molecular flexibility index (Phi) is 7.39. The Morgan fingerprint density at radius 1 is 1.60 bits per heavy atom. The predicted molar refractivity (Wildman–Crippen MR) is 47.5 cm³/mol. The zero-order valence-corrected chi connectivity index (χ0v) is 7.25. The summed E-state index contributed by atoms with van der Waals surface area (Å²) < 4.78 is 5.39. The van der Waals surface area contributed by atoms with Crippen LogP contribution in [-0.2, 0) is 4.74 Å². The van der Waals surface area contributed by atoms with Gasteiger partial charge in [0.05, 0.1) is 19.8 Å². The Morgan fingerprint density at radius 3 is 2.80 bits per heavy atom. The molecule has 60 valence electrons. The average Bonchev–Trinajstić information content (AvgIpc) is 1.87. The maximum Gasteiger partial charge on any atom is 0.130 e. The summed E-state index contributed by atoms with van der Waals surface area (Å²) in [6.45, 7) is 1.62. The lowest BCUT2D eigenvalue weighted by molar-refractivity contribution is 0.0960. The molecule has 0 atom stereocenters. The van der Waals surface area contributed by atoms with Gasteiger partial charge < -0.3 is 15.2 Å². The summed E-state index contributed by atoms with van der Waals surface area (Å²) in [5.74, 6) is 0. The summed E-state index contributed by atoms with van der Waals surface area (Å²) in [4.78, 5) is 0. The molecule has 10 heavy (non-hydrogen) atoms. The highest BCUT2D eigenvalue weighted by molar-refractivity contribution is 8.11. The molecule has 3 nitrogen and oxygen atoms in total. The van der Waals surface area contributed by atoms with Crippen LogP contribution in [0.3, 0.4) is 0 Å². The third-order valence-electron chi connectivity index (χ3n) is 0.758. The van der Waals surface area contributed by atoms with Crippen LogP contribution in [0.4, 0.5) is 0 Å². The molecule has 0 bridgehead atoms. The minimum Gasteiger partial charge on any atom is -0.394 e. The van der Waals surface area contributed by atoms with E-state index in [4.69, 9.17) is 9.84 Å². The maximum atomic E-state index is 8.29. The van der Waals surface area contributed by atoms with E-state index in [-0.39, 0.29) is 6.61 Å². The van der Waals surface area contributed by atoms with Gasteiger partial charge in [-0.15, -0.1) is 12.6 Å². The molecule has 0 amide bonds. The number of thiol groups is 1. The number of ether oxygens (including phenoxy) is 1. The molecule has 0 aromatic carbocycles. The first kappa shape index (κ1) is 10.2. The van der Waals surface area contributed by atoms with Crippen LogP contribution in [0, 0.1) is 0 Å². The summed E-state index contributed by atoms with van der Waals surface area (Å²) in [5, 5.41) is 11.1. The lowest BCUT2D eigenvalue weighted by Crippen LogP contribution is -2.22. The molecule has 0 aromatic rings. The minimum absolute atomic E-state index is 0.0608. The van der Waals surface area contributed by atoms with E-state index in [1.54, 1.807) is 0 Å². The van der Waals surface area contributed by atoms with Crippen molar-refractivity contribution in [1.29, 1.82) is 0 Å². The second-order valence-electron chi connectivity index (χ2n) is 1.57. The number of aliphatic hydroxyl groups excluding tert-OH is 1. The van der Waals surface area contributed by atoms with E-state index in [0.29, 0.717) is 24.1 Å². The van der Waals surface area contributed by atoms with Gasteiger partial charge in [0.2, 0.25) is 0 Å². The van der Waals surface area contributed by atoms with Crippen LogP contribution in [0.1, 0.15) is 0 Å². The van der Waals surface area contributed by atoms with E-state index >= 15 is 0 Å². The Morgan fingerprint density at radius 2 is 2.30 bits per heavy atom. The number of hydrogen-bond acceptors (Lipinski definition) is 3. The van der Waals surface area contributed by atoms with Crippen LogP contribution >= 0.6 is 24.8 Å². The molecule has 0 saturated heterocycles. The zero-order valence-electron chi connectivity index (χ0n) is 5.54. The molecule has 0 radical (unpaired) electrons. The van der Waals surface area contributed by atoms with Crippen molar-refractivity contribution in [2.24, 2.45) is 0 Å². The van der Waals surface area contributed by atoms with Crippen molar-refractivity contribution in [2.75, 3.05) is 26.4 Å². The molecule has 0 spiro atoms. The number of thiocarbonyl (C=S) groups is 1. The molecule has 2 N–H and O–H groups in total. The van der Waals surface area contributed by atoms with E-state index in [0.717, 1.165) is 0 Å². The molecule has 0 fully saturated rings. The van der Waals surface area contributed by atoms with Crippen molar-refractivity contribution >= 4 is 29.2 Å². The van der Waals surface area contributed by atoms with Crippen molar-refractivity contribution in [3.8, 4) is 0 Å². The Labute approximate surface area is 71.2 Å². The molecular formula is C5H11NO2S2. The van der Waals surface area contributed by atoms with Crippen LogP contribution in [0.15, 0.2) is 0 Å². The van der Waals surface area contributed by atoms with Crippen molar-refractivity contribution in [1.82, 2.24) is 5.32 Å². The monoisotopic (exact) mass is 181 g/mol. The van der Waals surface area contributed by atoms with Crippen LogP contribution in [0.25, 0.3) is 0 Å². The first-order valence-corrected chi connectivity index (χ1v) is 3.78. The number of nitrogens with one attached hydrogen (secondary N) is 1. The molecular weight excluding hydrogens is 170 g/mol. The highest BCUT2D eigenvalue weighted by atomic mass is 32.1. The first-order valence-electron chi connectivity index (χ1n) is 2.92. The van der Waals surface area contributed by atoms with Gasteiger partial charge in [0.15, 0.2) is 0 Å². The zero-order chi connectivity index (χ0) is 7.82. The van der Waals surface area contributed by atoms with Gasteiger partial charge in [0, 0.05) is 6.54 Å². The topological polar surface area (TPSA) is 41.5 Å². The fourth-order valence-electron chi connectivity index (χ4n) is 0.397. The number of hydrogen-bond donors (Lipinski definition) is 3. The molecule has 0 unspecified atom stereocenters. The molecule has 0 aromatic heterocycles. The predicted octanol–water partition coefficient (Wildman–Crippen LogP) is -0.200. The van der Waals surface area contributed by atoms with E-state index in [2.05, 4.69) is 30.2 Å². The number of aliphatic hydroxyl groups is 1. The van der Waals surface area contributed by atoms with E-state index in [1.165, 1.54) is 0 Å². The summed E-state index contributed by atoms with van der Waals surface area (Å²) in [7, 11) is 0. The fraction of sp³-hybridized carbons (Fsp3) is 0.800. The fourth-order valence-corrected chi connectivity index (χ4v) is 0.611. The van der Waals surface area contributed by atoms with Gasteiger partial charge in [0.1, 0.15) is 4.32 Å². The first-order chi connectivity index (χ1) is 4.77. The van der Waals surface area contributed by atoms with Crippen LogP contribution in [0.5, 0.6) is 0 Å². The average molecular weight is 181 g/mol. The third-order valence-corrected chi connectivity index (χ3v) is 1.06. The van der Waals surface area contributed by atoms with Gasteiger partial charge in [-0.05, 0) is 0 Å². The Bertz CT molecular complexity index is 99.6. The van der Waals surface area contributed by atoms with Crippen LogP contribution in [0.2, 0.25) is 0 Å². The van der Waals surface area contributed by atoms with Gasteiger partial charge in [0.25, 0.3) is 0 Å². The SMILES string of the molecule is OCCOCCNC(=S)S. The molecule has 5 heteroatoms. The van der Waals surface area contributed by atoms with E-state index in [9.17, 15) is 0 Å². The maximum absolute atomic E-state index is 8.29. The van der Waals surface area contributed by atoms with Crippen molar-refractivity contribution in [3.63, 3.8) is 0 Å². The van der Waals surface area contributed by atoms with E-state index < -0.39 is 0 Å². The largest absolute Gasteiger partial charge is 0.394 e. The van der Waals surface area contributed by atoms with E-state index in [1.807, 2.05) is 0 Å². The summed E-state index contributed by atoms with van der Waals surface area (Å²) in [5.41, 5.74) is 0. The van der Waals surface area contributed by atoms with Crippen molar-refractivity contribution in [2.45, 2.75) is 0 Å². The van der Waals surface area contributed by atoms with Gasteiger partial charge in [-0.25, -0.2) is 0 Å². The Balaban J connectivity index is 2.84. The van der Waals surface area contributed by atoms with Gasteiger partial charge in [-0.3, -0.25) is 0 Å². The highest BCUT2D eigenvalue weighted by Crippen LogP contribution is 1.77. The molecule has 0 aliphatic heterocycles. The normalized spacial score (nSPS) is 9.40. The summed E-state index contributed by atoms with van der Waals surface area (Å²) in [6.07, 6.45) is 0. The molecule has 0 saturated carbocycles. The van der Waals surface area contributed by atoms with Gasteiger partial charge >= 0.3 is 0 Å². The Hall–Kier alpha value is 0.160. The van der Waals surface area contributed by atoms with Gasteiger partial charge in [-0.1, -0.05) is 12.2 Å². The molecule has 0 aliphatic rings. The van der Waals surface area contributed by atoms with Gasteiger partial charge in [-0.2, -0.15) is 0 Å². The molecule has 0 rings (SSSR count). The summed E-state index contributed by atoms with van der Waals surface area (Å²) >= 11 is 8.46. The molecule has 0 heterocycles.